The van der Waals surface area contributed by atoms with E-state index in [1.54, 1.807) is 0 Å². The van der Waals surface area contributed by atoms with E-state index in [9.17, 15) is 17.2 Å². The van der Waals surface area contributed by atoms with E-state index in [1.165, 1.54) is 4.31 Å². The molecule has 1 aromatic rings. The molecule has 2 N–H and O–H groups in total. The number of sulfonamides is 1. The lowest BCUT2D eigenvalue weighted by Gasteiger charge is -2.33. The second kappa shape index (κ2) is 5.75. The van der Waals surface area contributed by atoms with Gasteiger partial charge in [-0.2, -0.15) is 4.31 Å². The van der Waals surface area contributed by atoms with Crippen LogP contribution in [0, 0.1) is 17.6 Å². The molecular weight excluding hydrogens is 286 g/mol. The fraction of sp³-hybridized carbons (Fsp3) is 0.538. The van der Waals surface area contributed by atoms with Crippen LogP contribution in [0.25, 0.3) is 0 Å². The third-order valence-corrected chi connectivity index (χ3v) is 5.57. The van der Waals surface area contributed by atoms with Crippen LogP contribution in [0.1, 0.15) is 19.8 Å². The van der Waals surface area contributed by atoms with E-state index in [-0.39, 0.29) is 18.5 Å². The van der Waals surface area contributed by atoms with Crippen molar-refractivity contribution < 1.29 is 17.2 Å². The van der Waals surface area contributed by atoms with Gasteiger partial charge < -0.3 is 5.73 Å². The van der Waals surface area contributed by atoms with E-state index in [1.807, 2.05) is 6.92 Å². The Morgan fingerprint density at radius 2 is 2.10 bits per heavy atom. The molecule has 1 aliphatic rings. The lowest BCUT2D eigenvalue weighted by Crippen LogP contribution is -2.45. The third-order valence-electron chi connectivity index (χ3n) is 3.68. The molecule has 20 heavy (non-hydrogen) atoms. The summed E-state index contributed by atoms with van der Waals surface area (Å²) in [6.45, 7) is 2.44. The molecule has 1 saturated heterocycles. The van der Waals surface area contributed by atoms with Gasteiger partial charge >= 0.3 is 0 Å². The van der Waals surface area contributed by atoms with Crippen molar-refractivity contribution in [1.82, 2.24) is 4.31 Å². The monoisotopic (exact) mass is 304 g/mol. The molecule has 0 spiro atoms. The fourth-order valence-electron chi connectivity index (χ4n) is 2.44. The molecule has 7 heteroatoms. The number of benzene rings is 1. The van der Waals surface area contributed by atoms with Gasteiger partial charge in [-0.05, 0) is 37.8 Å². The van der Waals surface area contributed by atoms with Crippen molar-refractivity contribution in [2.45, 2.75) is 30.7 Å². The summed E-state index contributed by atoms with van der Waals surface area (Å²) >= 11 is 0. The summed E-state index contributed by atoms with van der Waals surface area (Å²) in [6, 6.07) is 2.38. The van der Waals surface area contributed by atoms with Crippen LogP contribution < -0.4 is 5.73 Å². The Kier molecular flexibility index (Phi) is 4.41. The Morgan fingerprint density at radius 1 is 1.40 bits per heavy atom. The van der Waals surface area contributed by atoms with Gasteiger partial charge in [-0.15, -0.1) is 0 Å². The molecule has 1 fully saturated rings. The van der Waals surface area contributed by atoms with Crippen LogP contribution in [0.5, 0.6) is 0 Å². The van der Waals surface area contributed by atoms with Crippen molar-refractivity contribution in [3.05, 3.63) is 29.8 Å². The van der Waals surface area contributed by atoms with E-state index in [0.29, 0.717) is 19.0 Å². The predicted octanol–water partition coefficient (Wildman–Crippen LogP) is 1.71. The van der Waals surface area contributed by atoms with Gasteiger partial charge in [0, 0.05) is 25.2 Å². The zero-order valence-corrected chi connectivity index (χ0v) is 12.0. The Balaban J connectivity index is 2.30. The van der Waals surface area contributed by atoms with Gasteiger partial charge in [0.2, 0.25) is 10.0 Å². The summed E-state index contributed by atoms with van der Waals surface area (Å²) < 4.78 is 52.6. The first-order valence-electron chi connectivity index (χ1n) is 6.53. The van der Waals surface area contributed by atoms with Gasteiger partial charge in [0.15, 0.2) is 0 Å². The number of rotatable bonds is 3. The molecule has 0 saturated carbocycles. The standard InChI is InChI=1S/C13H18F2N2O2S/c1-9(16)10-3-2-6-17(8-10)20(18,19)13-5-4-11(14)7-12(13)15/h4-5,7,9-10H,2-3,6,8,16H2,1H3/t9-,10+/m0/s1. The minimum atomic E-state index is -3.94. The minimum Gasteiger partial charge on any atom is -0.328 e. The van der Waals surface area contributed by atoms with E-state index in [4.69, 9.17) is 5.73 Å². The summed E-state index contributed by atoms with van der Waals surface area (Å²) in [6.07, 6.45) is 1.55. The van der Waals surface area contributed by atoms with Gasteiger partial charge in [0.1, 0.15) is 16.5 Å². The lowest BCUT2D eigenvalue weighted by molar-refractivity contribution is 0.242. The van der Waals surface area contributed by atoms with Crippen molar-refractivity contribution in [3.8, 4) is 0 Å². The maximum Gasteiger partial charge on any atom is 0.245 e. The second-order valence-corrected chi connectivity index (χ2v) is 7.11. The smallest absolute Gasteiger partial charge is 0.245 e. The molecule has 1 aliphatic heterocycles. The first kappa shape index (κ1) is 15.3. The van der Waals surface area contributed by atoms with Crippen LogP contribution in [0.2, 0.25) is 0 Å². The Labute approximate surface area is 117 Å². The maximum absolute atomic E-state index is 13.7. The highest BCUT2D eigenvalue weighted by molar-refractivity contribution is 7.89. The molecule has 112 valence electrons. The quantitative estimate of drug-likeness (QED) is 0.924. The van der Waals surface area contributed by atoms with Crippen molar-refractivity contribution in [2.75, 3.05) is 13.1 Å². The Morgan fingerprint density at radius 3 is 2.70 bits per heavy atom. The number of hydrogen-bond donors (Lipinski definition) is 1. The van der Waals surface area contributed by atoms with Gasteiger partial charge in [-0.25, -0.2) is 17.2 Å². The van der Waals surface area contributed by atoms with Crippen molar-refractivity contribution in [1.29, 1.82) is 0 Å². The summed E-state index contributed by atoms with van der Waals surface area (Å²) in [4.78, 5) is -0.482. The summed E-state index contributed by atoms with van der Waals surface area (Å²) in [5, 5.41) is 0. The molecule has 0 unspecified atom stereocenters. The molecule has 1 heterocycles. The zero-order valence-electron chi connectivity index (χ0n) is 11.2. The molecule has 0 aromatic heterocycles. The van der Waals surface area contributed by atoms with Crippen molar-refractivity contribution >= 4 is 10.0 Å². The number of halogens is 2. The molecule has 1 aromatic carbocycles. The number of nitrogens with zero attached hydrogens (tertiary/aromatic N) is 1. The van der Waals surface area contributed by atoms with Crippen molar-refractivity contribution in [3.63, 3.8) is 0 Å². The van der Waals surface area contributed by atoms with Gasteiger partial charge in [0.25, 0.3) is 0 Å². The highest BCUT2D eigenvalue weighted by Crippen LogP contribution is 2.26. The topological polar surface area (TPSA) is 63.4 Å². The predicted molar refractivity (Wildman–Crippen MR) is 71.5 cm³/mol. The first-order chi connectivity index (χ1) is 9.32. The van der Waals surface area contributed by atoms with Crippen LogP contribution in [0.4, 0.5) is 8.78 Å². The van der Waals surface area contributed by atoms with E-state index < -0.39 is 26.6 Å². The zero-order chi connectivity index (χ0) is 14.9. The van der Waals surface area contributed by atoms with E-state index in [0.717, 1.165) is 18.6 Å². The minimum absolute atomic E-state index is 0.0574. The fourth-order valence-corrected chi connectivity index (χ4v) is 4.03. The van der Waals surface area contributed by atoms with Gasteiger partial charge in [-0.3, -0.25) is 0 Å². The molecule has 0 amide bonds. The second-order valence-electron chi connectivity index (χ2n) is 5.20. The van der Waals surface area contributed by atoms with Crippen LogP contribution in [0.15, 0.2) is 23.1 Å². The highest BCUT2D eigenvalue weighted by Gasteiger charge is 2.33. The van der Waals surface area contributed by atoms with E-state index in [2.05, 4.69) is 0 Å². The average Bonchev–Trinajstić information content (AvgIpc) is 2.38. The SMILES string of the molecule is C[C@H](N)[C@@H]1CCCN(S(=O)(=O)c2ccc(F)cc2F)C1. The van der Waals surface area contributed by atoms with E-state index >= 15 is 0 Å². The molecule has 2 atom stereocenters. The Bertz CT molecular complexity index is 590. The number of piperidine rings is 1. The normalized spacial score (nSPS) is 22.7. The van der Waals surface area contributed by atoms with Crippen LogP contribution in [-0.2, 0) is 10.0 Å². The van der Waals surface area contributed by atoms with Gasteiger partial charge in [-0.1, -0.05) is 0 Å². The third kappa shape index (κ3) is 2.99. The molecular formula is C13H18F2N2O2S. The molecule has 0 radical (unpaired) electrons. The first-order valence-corrected chi connectivity index (χ1v) is 7.97. The van der Waals surface area contributed by atoms with Gasteiger partial charge in [0.05, 0.1) is 0 Å². The van der Waals surface area contributed by atoms with Crippen LogP contribution in [0.3, 0.4) is 0 Å². The molecule has 2 rings (SSSR count). The molecule has 4 nitrogen and oxygen atoms in total. The lowest BCUT2D eigenvalue weighted by atomic mass is 9.93. The van der Waals surface area contributed by atoms with Crippen molar-refractivity contribution in [2.24, 2.45) is 11.7 Å². The largest absolute Gasteiger partial charge is 0.328 e. The maximum atomic E-state index is 13.7. The molecule has 0 bridgehead atoms. The van der Waals surface area contributed by atoms with Crippen LogP contribution >= 0.6 is 0 Å². The average molecular weight is 304 g/mol. The Hall–Kier alpha value is -1.05. The number of hydrogen-bond acceptors (Lipinski definition) is 3. The van der Waals surface area contributed by atoms with Crippen LogP contribution in [-0.4, -0.2) is 31.9 Å². The molecule has 0 aliphatic carbocycles. The number of nitrogens with two attached hydrogens (primary N) is 1. The summed E-state index contributed by atoms with van der Waals surface area (Å²) in [5.74, 6) is -1.80. The summed E-state index contributed by atoms with van der Waals surface area (Å²) in [5.41, 5.74) is 5.82. The summed E-state index contributed by atoms with van der Waals surface area (Å²) in [7, 11) is -3.94. The highest BCUT2D eigenvalue weighted by atomic mass is 32.2.